The first-order chi connectivity index (χ1) is 31.8. The fourth-order valence-electron chi connectivity index (χ4n) is 9.25. The lowest BCUT2D eigenvalue weighted by Gasteiger charge is -2.45. The second-order valence-electron chi connectivity index (χ2n) is 15.0. The Morgan fingerprint density at radius 2 is 1.22 bits per heavy atom. The molecule has 254 valence electrons. The minimum absolute atomic E-state index is 0.0165. The SMILES string of the molecule is [2H]c1c([2H])c([2H])c2c(C3CC3)c(N3c4cc5oc6ccccc6c5cc4B4c5ccccc5N(c5c(C6CC6)c([2H])c([2H])c6c([2H])c([2H])c([2H])c([2H])c56)c5cccc3c54)c([2H])c([2H])c2c1[2H]. The second kappa shape index (κ2) is 10.7. The monoisotopic (exact) mass is 702 g/mol. The Morgan fingerprint density at radius 3 is 2.07 bits per heavy atom. The number of para-hydroxylation sites is 2. The molecule has 1 aromatic heterocycles. The Morgan fingerprint density at radius 1 is 0.519 bits per heavy atom. The molecule has 2 fully saturated rings. The standard InChI is InChI=1S/C50H35BN2O/c1-3-12-34-30(10-1)25-27-42(48(34)33-22-23-33)52-43-17-9-18-44-49(43)51(40-28-38-37-14-5-8-19-46(37)54-47(38)29-45(40)52)39-15-6-7-16-41(39)53(44)50-35-13-4-2-11-31(35)24-26-36(50)32-20-21-32/h1-19,24-29,32-33H,20-23H2/i1D,2D,3D,4D,10D,11D,12D,13D,24D,25D,26D,27D. The van der Waals surface area contributed by atoms with Crippen molar-refractivity contribution >= 4 is 101 Å². The lowest BCUT2D eigenvalue weighted by molar-refractivity contribution is 0.669. The van der Waals surface area contributed by atoms with Crippen molar-refractivity contribution in [2.45, 2.75) is 37.5 Å². The molecule has 0 saturated heterocycles. The normalized spacial score (nSPS) is 19.1. The van der Waals surface area contributed by atoms with Gasteiger partial charge in [0, 0.05) is 45.0 Å². The minimum atomic E-state index is -0.473. The van der Waals surface area contributed by atoms with Crippen LogP contribution < -0.4 is 26.2 Å². The molecule has 9 aromatic rings. The third kappa shape index (κ3) is 3.98. The Labute approximate surface area is 331 Å². The molecular formula is C50H35BN2O. The summed E-state index contributed by atoms with van der Waals surface area (Å²) in [5, 5.41) is 2.18. The van der Waals surface area contributed by atoms with Gasteiger partial charge in [0.25, 0.3) is 6.71 Å². The topological polar surface area (TPSA) is 19.6 Å². The van der Waals surface area contributed by atoms with Crippen LogP contribution in [-0.4, -0.2) is 6.71 Å². The maximum atomic E-state index is 9.93. The lowest BCUT2D eigenvalue weighted by atomic mass is 9.33. The number of benzene rings is 8. The van der Waals surface area contributed by atoms with E-state index in [0.717, 1.165) is 58.5 Å². The zero-order valence-electron chi connectivity index (χ0n) is 40.9. The summed E-state index contributed by atoms with van der Waals surface area (Å²) in [4.78, 5) is 4.00. The van der Waals surface area contributed by atoms with E-state index in [4.69, 9.17) is 12.6 Å². The number of anilines is 6. The predicted molar refractivity (Wildman–Crippen MR) is 227 cm³/mol. The quantitative estimate of drug-likeness (QED) is 0.170. The van der Waals surface area contributed by atoms with E-state index in [1.165, 1.54) is 0 Å². The molecule has 0 radical (unpaired) electrons. The minimum Gasteiger partial charge on any atom is -0.456 e. The number of fused-ring (bicyclic) bond motifs is 9. The maximum Gasteiger partial charge on any atom is 0.252 e. The Balaban J connectivity index is 1.21. The van der Waals surface area contributed by atoms with E-state index >= 15 is 0 Å². The molecular weight excluding hydrogens is 655 g/mol. The summed E-state index contributed by atoms with van der Waals surface area (Å²) >= 11 is 0. The highest BCUT2D eigenvalue weighted by Gasteiger charge is 2.45. The van der Waals surface area contributed by atoms with Crippen LogP contribution in [0.25, 0.3) is 43.5 Å². The van der Waals surface area contributed by atoms with Crippen molar-refractivity contribution in [1.29, 1.82) is 0 Å². The van der Waals surface area contributed by atoms with Crippen LogP contribution in [0.1, 0.15) is 65.1 Å². The summed E-state index contributed by atoms with van der Waals surface area (Å²) in [7, 11) is 0. The van der Waals surface area contributed by atoms with Gasteiger partial charge in [0.2, 0.25) is 0 Å². The number of furan rings is 1. The summed E-state index contributed by atoms with van der Waals surface area (Å²) in [6, 6.07) is 21.8. The molecule has 2 saturated carbocycles. The molecule has 0 amide bonds. The molecule has 0 atom stereocenters. The first-order valence-corrected chi connectivity index (χ1v) is 18.6. The van der Waals surface area contributed by atoms with E-state index in [2.05, 4.69) is 12.1 Å². The van der Waals surface area contributed by atoms with Crippen LogP contribution in [0.3, 0.4) is 0 Å². The molecule has 0 bridgehead atoms. The van der Waals surface area contributed by atoms with Crippen LogP contribution >= 0.6 is 0 Å². The Hall–Kier alpha value is -6.26. The van der Waals surface area contributed by atoms with Crippen molar-refractivity contribution in [3.05, 3.63) is 162 Å². The molecule has 2 aliphatic carbocycles. The first-order valence-electron chi connectivity index (χ1n) is 24.6. The molecule has 0 spiro atoms. The molecule has 8 aromatic carbocycles. The summed E-state index contributed by atoms with van der Waals surface area (Å²) < 4.78 is 116. The Bertz CT molecular complexity index is 3750. The molecule has 4 aliphatic rings. The summed E-state index contributed by atoms with van der Waals surface area (Å²) in [5.74, 6) is -0.266. The van der Waals surface area contributed by atoms with Crippen molar-refractivity contribution in [3.63, 3.8) is 0 Å². The van der Waals surface area contributed by atoms with Crippen LogP contribution in [-0.2, 0) is 0 Å². The number of nitrogens with zero attached hydrogens (tertiary/aromatic N) is 2. The largest absolute Gasteiger partial charge is 0.456 e. The summed E-state index contributed by atoms with van der Waals surface area (Å²) in [6.45, 7) is -0.449. The number of hydrogen-bond acceptors (Lipinski definition) is 3. The van der Waals surface area contributed by atoms with Crippen molar-refractivity contribution < 1.29 is 20.9 Å². The third-order valence-corrected chi connectivity index (χ3v) is 11.8. The second-order valence-corrected chi connectivity index (χ2v) is 15.0. The van der Waals surface area contributed by atoms with E-state index in [9.17, 15) is 8.22 Å². The van der Waals surface area contributed by atoms with Gasteiger partial charge in [-0.25, -0.2) is 0 Å². The zero-order valence-corrected chi connectivity index (χ0v) is 28.9. The van der Waals surface area contributed by atoms with Gasteiger partial charge >= 0.3 is 0 Å². The highest BCUT2D eigenvalue weighted by Crippen LogP contribution is 2.54. The third-order valence-electron chi connectivity index (χ3n) is 11.8. The highest BCUT2D eigenvalue weighted by molar-refractivity contribution is 7.00. The fourth-order valence-corrected chi connectivity index (χ4v) is 9.25. The molecule has 13 rings (SSSR count). The Kier molecular flexibility index (Phi) is 4.01. The molecule has 0 N–H and O–H groups in total. The predicted octanol–water partition coefficient (Wildman–Crippen LogP) is 11.7. The molecule has 0 unspecified atom stereocenters. The van der Waals surface area contributed by atoms with E-state index in [1.54, 1.807) is 0 Å². The van der Waals surface area contributed by atoms with Crippen LogP contribution in [0, 0.1) is 0 Å². The van der Waals surface area contributed by atoms with Gasteiger partial charge in [-0.05, 0) is 112 Å². The van der Waals surface area contributed by atoms with Gasteiger partial charge in [0.1, 0.15) is 11.2 Å². The van der Waals surface area contributed by atoms with Crippen LogP contribution in [0.15, 0.2) is 156 Å². The smallest absolute Gasteiger partial charge is 0.252 e. The maximum absolute atomic E-state index is 9.93. The van der Waals surface area contributed by atoms with Crippen LogP contribution in [0.2, 0.25) is 0 Å². The van der Waals surface area contributed by atoms with E-state index < -0.39 is 30.9 Å². The van der Waals surface area contributed by atoms with Crippen LogP contribution in [0.5, 0.6) is 0 Å². The zero-order chi connectivity index (χ0) is 45.5. The van der Waals surface area contributed by atoms with Gasteiger partial charge in [-0.1, -0.05) is 115 Å². The van der Waals surface area contributed by atoms with Crippen molar-refractivity contribution in [1.82, 2.24) is 0 Å². The number of hydrogen-bond donors (Lipinski definition) is 0. The summed E-state index contributed by atoms with van der Waals surface area (Å²) in [5.41, 5.74) is 8.50. The molecule has 4 heteroatoms. The van der Waals surface area contributed by atoms with Gasteiger partial charge < -0.3 is 14.2 Å². The number of rotatable bonds is 4. The highest BCUT2D eigenvalue weighted by atomic mass is 16.3. The summed E-state index contributed by atoms with van der Waals surface area (Å²) in [6.07, 6.45) is 2.96. The van der Waals surface area contributed by atoms with Gasteiger partial charge in [-0.15, -0.1) is 0 Å². The van der Waals surface area contributed by atoms with Gasteiger partial charge in [-0.2, -0.15) is 0 Å². The molecule has 54 heavy (non-hydrogen) atoms. The molecule has 3 nitrogen and oxygen atoms in total. The lowest BCUT2D eigenvalue weighted by Crippen LogP contribution is -2.61. The molecule has 2 aliphatic heterocycles. The van der Waals surface area contributed by atoms with Crippen molar-refractivity contribution in [2.75, 3.05) is 9.80 Å². The average Bonchev–Trinajstić information content (AvgIpc) is 4.28. The van der Waals surface area contributed by atoms with E-state index in [0.29, 0.717) is 50.7 Å². The average molecular weight is 703 g/mol. The first kappa shape index (κ1) is 20.3. The van der Waals surface area contributed by atoms with Gasteiger partial charge in [0.05, 0.1) is 27.8 Å². The van der Waals surface area contributed by atoms with E-state index in [-0.39, 0.29) is 81.7 Å². The van der Waals surface area contributed by atoms with Gasteiger partial charge in [-0.3, -0.25) is 0 Å². The van der Waals surface area contributed by atoms with Gasteiger partial charge in [0.15, 0.2) is 0 Å². The van der Waals surface area contributed by atoms with Crippen LogP contribution in [0.4, 0.5) is 34.1 Å². The fraction of sp³-hybridized carbons (Fsp3) is 0.120. The van der Waals surface area contributed by atoms with Crippen molar-refractivity contribution in [2.24, 2.45) is 0 Å². The molecule has 3 heterocycles. The van der Waals surface area contributed by atoms with Crippen molar-refractivity contribution in [3.8, 4) is 0 Å². The van der Waals surface area contributed by atoms with E-state index in [1.807, 2.05) is 76.5 Å².